The van der Waals surface area contributed by atoms with Crippen molar-refractivity contribution >= 4 is 0 Å². The lowest BCUT2D eigenvalue weighted by atomic mass is 10.3. The number of ether oxygens (including phenoxy) is 1. The van der Waals surface area contributed by atoms with Gasteiger partial charge < -0.3 is 10.1 Å². The van der Waals surface area contributed by atoms with E-state index in [4.69, 9.17) is 11.2 Å². The fourth-order valence-corrected chi connectivity index (χ4v) is 0.832. The first-order valence-corrected chi connectivity index (χ1v) is 4.53. The van der Waals surface area contributed by atoms with E-state index in [0.717, 1.165) is 26.0 Å². The van der Waals surface area contributed by atoms with Gasteiger partial charge in [-0.1, -0.05) is 5.92 Å². The number of hydrogen-bond acceptors (Lipinski definition) is 2. The quantitative estimate of drug-likeness (QED) is 0.459. The predicted octanol–water partition coefficient (Wildman–Crippen LogP) is 1.41. The van der Waals surface area contributed by atoms with E-state index < -0.39 is 0 Å². The molecule has 0 radical (unpaired) electrons. The fraction of sp³-hybridized carbons (Fsp3) is 0.800. The molecule has 0 heterocycles. The molecule has 0 aromatic rings. The molecule has 0 aromatic carbocycles. The Balaban J connectivity index is 2.87. The van der Waals surface area contributed by atoms with Crippen molar-refractivity contribution in [1.29, 1.82) is 0 Å². The minimum absolute atomic E-state index is 0.351. The Morgan fingerprint density at radius 3 is 2.75 bits per heavy atom. The van der Waals surface area contributed by atoms with E-state index >= 15 is 0 Å². The van der Waals surface area contributed by atoms with E-state index in [1.807, 2.05) is 0 Å². The molecule has 0 spiro atoms. The van der Waals surface area contributed by atoms with Gasteiger partial charge >= 0.3 is 0 Å². The molecule has 0 saturated carbocycles. The standard InChI is InChI=1S/C10H19NO/c1-4-7-11-8-5-6-9-12-10(2)3/h1,10-11H,5-9H2,2-3H3. The summed E-state index contributed by atoms with van der Waals surface area (Å²) in [5.41, 5.74) is 0. The van der Waals surface area contributed by atoms with E-state index in [9.17, 15) is 0 Å². The average Bonchev–Trinajstić information content (AvgIpc) is 2.02. The number of nitrogens with one attached hydrogen (secondary N) is 1. The Labute approximate surface area is 75.7 Å². The normalized spacial score (nSPS) is 10.2. The molecule has 0 aliphatic carbocycles. The van der Waals surface area contributed by atoms with Gasteiger partial charge in [0.2, 0.25) is 0 Å². The van der Waals surface area contributed by atoms with Gasteiger partial charge in [0.05, 0.1) is 12.6 Å². The van der Waals surface area contributed by atoms with Crippen molar-refractivity contribution in [3.63, 3.8) is 0 Å². The maximum absolute atomic E-state index is 5.38. The van der Waals surface area contributed by atoms with Crippen molar-refractivity contribution in [2.45, 2.75) is 32.8 Å². The van der Waals surface area contributed by atoms with Gasteiger partial charge in [0.25, 0.3) is 0 Å². The molecule has 12 heavy (non-hydrogen) atoms. The molecular formula is C10H19NO. The van der Waals surface area contributed by atoms with E-state index in [2.05, 4.69) is 25.1 Å². The Morgan fingerprint density at radius 2 is 2.17 bits per heavy atom. The smallest absolute Gasteiger partial charge is 0.0573 e. The van der Waals surface area contributed by atoms with E-state index in [-0.39, 0.29) is 0 Å². The van der Waals surface area contributed by atoms with E-state index in [1.54, 1.807) is 0 Å². The van der Waals surface area contributed by atoms with Crippen LogP contribution in [0.1, 0.15) is 26.7 Å². The highest BCUT2D eigenvalue weighted by molar-refractivity contribution is 4.86. The van der Waals surface area contributed by atoms with E-state index in [1.165, 1.54) is 0 Å². The fourth-order valence-electron chi connectivity index (χ4n) is 0.832. The molecule has 0 aliphatic rings. The van der Waals surface area contributed by atoms with Gasteiger partial charge in [0.15, 0.2) is 0 Å². The van der Waals surface area contributed by atoms with Crippen LogP contribution >= 0.6 is 0 Å². The van der Waals surface area contributed by atoms with Crippen LogP contribution in [0.5, 0.6) is 0 Å². The first-order chi connectivity index (χ1) is 5.77. The van der Waals surface area contributed by atoms with Crippen LogP contribution in [0.2, 0.25) is 0 Å². The summed E-state index contributed by atoms with van der Waals surface area (Å²) >= 11 is 0. The molecule has 0 aromatic heterocycles. The highest BCUT2D eigenvalue weighted by Crippen LogP contribution is 1.92. The molecule has 0 atom stereocenters. The van der Waals surface area contributed by atoms with Crippen LogP contribution in [-0.2, 0) is 4.74 Å². The first-order valence-electron chi connectivity index (χ1n) is 4.53. The summed E-state index contributed by atoms with van der Waals surface area (Å²) in [7, 11) is 0. The third-order valence-corrected chi connectivity index (χ3v) is 1.43. The highest BCUT2D eigenvalue weighted by atomic mass is 16.5. The van der Waals surface area contributed by atoms with Crippen molar-refractivity contribution in [2.24, 2.45) is 0 Å². The third kappa shape index (κ3) is 9.48. The number of hydrogen-bond donors (Lipinski definition) is 1. The van der Waals surface area contributed by atoms with Gasteiger partial charge in [-0.25, -0.2) is 0 Å². The molecule has 2 nitrogen and oxygen atoms in total. The van der Waals surface area contributed by atoms with Crippen LogP contribution in [0, 0.1) is 12.3 Å². The number of terminal acetylenes is 1. The highest BCUT2D eigenvalue weighted by Gasteiger charge is 1.92. The van der Waals surface area contributed by atoms with Crippen LogP contribution in [0.4, 0.5) is 0 Å². The monoisotopic (exact) mass is 169 g/mol. The molecule has 0 rings (SSSR count). The molecule has 0 unspecified atom stereocenters. The van der Waals surface area contributed by atoms with Gasteiger partial charge in [-0.05, 0) is 33.2 Å². The minimum atomic E-state index is 0.351. The van der Waals surface area contributed by atoms with Crippen LogP contribution in [0.15, 0.2) is 0 Å². The topological polar surface area (TPSA) is 21.3 Å². The summed E-state index contributed by atoms with van der Waals surface area (Å²) in [6.45, 7) is 6.62. The molecule has 0 saturated heterocycles. The van der Waals surface area contributed by atoms with Crippen molar-refractivity contribution in [1.82, 2.24) is 5.32 Å². The van der Waals surface area contributed by atoms with Crippen molar-refractivity contribution < 1.29 is 4.74 Å². The SMILES string of the molecule is C#CCNCCCCOC(C)C. The summed E-state index contributed by atoms with van der Waals surface area (Å²) < 4.78 is 5.38. The van der Waals surface area contributed by atoms with Crippen molar-refractivity contribution in [2.75, 3.05) is 19.7 Å². The molecule has 0 amide bonds. The van der Waals surface area contributed by atoms with Gasteiger partial charge in [-0.15, -0.1) is 6.42 Å². The minimum Gasteiger partial charge on any atom is -0.379 e. The Hall–Kier alpha value is -0.520. The van der Waals surface area contributed by atoms with Gasteiger partial charge in [-0.2, -0.15) is 0 Å². The zero-order valence-electron chi connectivity index (χ0n) is 8.10. The molecule has 2 heteroatoms. The van der Waals surface area contributed by atoms with Crippen molar-refractivity contribution in [3.8, 4) is 12.3 Å². The zero-order valence-corrected chi connectivity index (χ0v) is 8.10. The van der Waals surface area contributed by atoms with Crippen LogP contribution in [0.25, 0.3) is 0 Å². The lowest BCUT2D eigenvalue weighted by molar-refractivity contribution is 0.0761. The molecular weight excluding hydrogens is 150 g/mol. The summed E-state index contributed by atoms with van der Waals surface area (Å²) in [5, 5.41) is 3.13. The summed E-state index contributed by atoms with van der Waals surface area (Å²) in [6, 6.07) is 0. The first kappa shape index (κ1) is 11.5. The summed E-state index contributed by atoms with van der Waals surface area (Å²) in [4.78, 5) is 0. The van der Waals surface area contributed by atoms with Crippen LogP contribution in [-0.4, -0.2) is 25.8 Å². The second-order valence-electron chi connectivity index (χ2n) is 3.01. The second-order valence-corrected chi connectivity index (χ2v) is 3.01. The Bertz CT molecular complexity index is 126. The van der Waals surface area contributed by atoms with Gasteiger partial charge in [0, 0.05) is 6.61 Å². The maximum atomic E-state index is 5.38. The lowest BCUT2D eigenvalue weighted by Crippen LogP contribution is -2.16. The molecule has 70 valence electrons. The Kier molecular flexibility index (Phi) is 8.20. The van der Waals surface area contributed by atoms with Crippen molar-refractivity contribution in [3.05, 3.63) is 0 Å². The number of unbranched alkanes of at least 4 members (excludes halogenated alkanes) is 1. The lowest BCUT2D eigenvalue weighted by Gasteiger charge is -2.06. The Morgan fingerprint density at radius 1 is 1.42 bits per heavy atom. The predicted molar refractivity (Wildman–Crippen MR) is 52.0 cm³/mol. The van der Waals surface area contributed by atoms with Crippen LogP contribution in [0.3, 0.4) is 0 Å². The van der Waals surface area contributed by atoms with Gasteiger partial charge in [0.1, 0.15) is 0 Å². The third-order valence-electron chi connectivity index (χ3n) is 1.43. The van der Waals surface area contributed by atoms with Gasteiger partial charge in [-0.3, -0.25) is 0 Å². The molecule has 1 N–H and O–H groups in total. The largest absolute Gasteiger partial charge is 0.379 e. The maximum Gasteiger partial charge on any atom is 0.0573 e. The van der Waals surface area contributed by atoms with E-state index in [0.29, 0.717) is 12.6 Å². The molecule has 0 fully saturated rings. The molecule has 0 bridgehead atoms. The average molecular weight is 169 g/mol. The number of rotatable bonds is 7. The summed E-state index contributed by atoms with van der Waals surface area (Å²) in [6.07, 6.45) is 7.66. The zero-order chi connectivity index (χ0) is 9.23. The second kappa shape index (κ2) is 8.58. The van der Waals surface area contributed by atoms with Crippen LogP contribution < -0.4 is 5.32 Å². The molecule has 0 aliphatic heterocycles. The summed E-state index contributed by atoms with van der Waals surface area (Å²) in [5.74, 6) is 2.53.